The van der Waals surface area contributed by atoms with Crippen molar-refractivity contribution in [1.29, 1.82) is 0 Å². The number of amides is 1. The fraction of sp³-hybridized carbons (Fsp3) is 0.500. The Bertz CT molecular complexity index is 424. The van der Waals surface area contributed by atoms with Crippen molar-refractivity contribution in [2.45, 2.75) is 32.7 Å². The van der Waals surface area contributed by atoms with Gasteiger partial charge in [0.1, 0.15) is 0 Å². The zero-order chi connectivity index (χ0) is 12.4. The molecule has 92 valence electrons. The number of nitrogens with one attached hydrogen (secondary N) is 1. The molecule has 0 saturated heterocycles. The summed E-state index contributed by atoms with van der Waals surface area (Å²) in [7, 11) is 0. The first-order chi connectivity index (χ1) is 8.11. The monoisotopic (exact) mass is 232 g/mol. The highest BCUT2D eigenvalue weighted by Crippen LogP contribution is 2.32. The highest BCUT2D eigenvalue weighted by molar-refractivity contribution is 5.95. The highest BCUT2D eigenvalue weighted by Gasteiger charge is 2.31. The van der Waals surface area contributed by atoms with Gasteiger partial charge in [-0.25, -0.2) is 0 Å². The van der Waals surface area contributed by atoms with Crippen LogP contribution in [0.1, 0.15) is 34.3 Å². The van der Waals surface area contributed by atoms with Gasteiger partial charge in [-0.15, -0.1) is 0 Å². The predicted molar refractivity (Wildman–Crippen MR) is 68.9 cm³/mol. The average Bonchev–Trinajstić information content (AvgIpc) is 3.09. The van der Waals surface area contributed by atoms with Crippen LogP contribution in [0.2, 0.25) is 0 Å². The number of benzene rings is 1. The van der Waals surface area contributed by atoms with E-state index in [0.717, 1.165) is 11.1 Å². The molecule has 3 heteroatoms. The molecule has 3 nitrogen and oxygen atoms in total. The molecule has 0 aromatic heterocycles. The van der Waals surface area contributed by atoms with Crippen molar-refractivity contribution < 1.29 is 4.79 Å². The second kappa shape index (κ2) is 4.88. The molecule has 3 N–H and O–H groups in total. The molecular formula is C14H20N2O. The van der Waals surface area contributed by atoms with Crippen LogP contribution in [-0.4, -0.2) is 18.5 Å². The van der Waals surface area contributed by atoms with E-state index in [9.17, 15) is 4.79 Å². The molecule has 0 bridgehead atoms. The van der Waals surface area contributed by atoms with Gasteiger partial charge in [0.15, 0.2) is 0 Å². The third-order valence-corrected chi connectivity index (χ3v) is 3.39. The van der Waals surface area contributed by atoms with Gasteiger partial charge in [-0.05, 0) is 44.2 Å². The highest BCUT2D eigenvalue weighted by atomic mass is 16.1. The third kappa shape index (κ3) is 2.86. The maximum absolute atomic E-state index is 12.1. The third-order valence-electron chi connectivity index (χ3n) is 3.39. The van der Waals surface area contributed by atoms with Crippen LogP contribution in [0.3, 0.4) is 0 Å². The minimum absolute atomic E-state index is 0.00449. The van der Waals surface area contributed by atoms with Gasteiger partial charge in [-0.2, -0.15) is 0 Å². The SMILES string of the molecule is Cc1ccc(C(=O)NC(CN)C2CC2)c(C)c1. The molecule has 1 fully saturated rings. The van der Waals surface area contributed by atoms with Gasteiger partial charge in [-0.1, -0.05) is 17.7 Å². The maximum atomic E-state index is 12.1. The second-order valence-corrected chi connectivity index (χ2v) is 4.97. The first-order valence-electron chi connectivity index (χ1n) is 6.20. The molecule has 0 heterocycles. The summed E-state index contributed by atoms with van der Waals surface area (Å²) in [6.07, 6.45) is 2.38. The van der Waals surface area contributed by atoms with Gasteiger partial charge < -0.3 is 11.1 Å². The van der Waals surface area contributed by atoms with E-state index >= 15 is 0 Å². The van der Waals surface area contributed by atoms with Crippen LogP contribution in [0, 0.1) is 19.8 Å². The molecule has 1 aromatic rings. The van der Waals surface area contributed by atoms with E-state index in [4.69, 9.17) is 5.73 Å². The minimum atomic E-state index is 0.00449. The van der Waals surface area contributed by atoms with E-state index in [1.165, 1.54) is 18.4 Å². The van der Waals surface area contributed by atoms with Crippen molar-refractivity contribution in [2.24, 2.45) is 11.7 Å². The van der Waals surface area contributed by atoms with Gasteiger partial charge >= 0.3 is 0 Å². The number of hydrogen-bond acceptors (Lipinski definition) is 2. The summed E-state index contributed by atoms with van der Waals surface area (Å²) in [4.78, 5) is 12.1. The Kier molecular flexibility index (Phi) is 3.48. The number of carbonyl (C=O) groups is 1. The molecule has 1 aliphatic rings. The second-order valence-electron chi connectivity index (χ2n) is 4.97. The molecule has 1 amide bonds. The van der Waals surface area contributed by atoms with Crippen molar-refractivity contribution >= 4 is 5.91 Å². The summed E-state index contributed by atoms with van der Waals surface area (Å²) in [5.41, 5.74) is 8.65. The van der Waals surface area contributed by atoms with E-state index in [-0.39, 0.29) is 11.9 Å². The summed E-state index contributed by atoms with van der Waals surface area (Å²) in [5.74, 6) is 0.597. The topological polar surface area (TPSA) is 55.1 Å². The fourth-order valence-corrected chi connectivity index (χ4v) is 2.18. The molecular weight excluding hydrogens is 212 g/mol. The minimum Gasteiger partial charge on any atom is -0.348 e. The molecule has 0 aliphatic heterocycles. The van der Waals surface area contributed by atoms with Crippen LogP contribution in [0.4, 0.5) is 0 Å². The zero-order valence-electron chi connectivity index (χ0n) is 10.5. The Hall–Kier alpha value is -1.35. The Morgan fingerprint density at radius 1 is 1.47 bits per heavy atom. The standard InChI is InChI=1S/C14H20N2O/c1-9-3-6-12(10(2)7-9)14(17)16-13(8-15)11-4-5-11/h3,6-7,11,13H,4-5,8,15H2,1-2H3,(H,16,17). The van der Waals surface area contributed by atoms with E-state index in [2.05, 4.69) is 5.32 Å². The number of hydrogen-bond donors (Lipinski definition) is 2. The van der Waals surface area contributed by atoms with E-state index < -0.39 is 0 Å². The quantitative estimate of drug-likeness (QED) is 0.831. The van der Waals surface area contributed by atoms with Crippen LogP contribution >= 0.6 is 0 Å². The Balaban J connectivity index is 2.08. The van der Waals surface area contributed by atoms with Crippen LogP contribution < -0.4 is 11.1 Å². The molecule has 1 saturated carbocycles. The number of aryl methyl sites for hydroxylation is 2. The predicted octanol–water partition coefficient (Wildman–Crippen LogP) is 1.77. The summed E-state index contributed by atoms with van der Waals surface area (Å²) in [5, 5.41) is 3.04. The first kappa shape index (κ1) is 12.1. The Morgan fingerprint density at radius 2 is 2.18 bits per heavy atom. The number of carbonyl (C=O) groups excluding carboxylic acids is 1. The Morgan fingerprint density at radius 3 is 2.71 bits per heavy atom. The van der Waals surface area contributed by atoms with Crippen LogP contribution in [0.15, 0.2) is 18.2 Å². The number of nitrogens with two attached hydrogens (primary N) is 1. The van der Waals surface area contributed by atoms with Crippen molar-refractivity contribution in [2.75, 3.05) is 6.54 Å². The van der Waals surface area contributed by atoms with Gasteiger partial charge in [-0.3, -0.25) is 4.79 Å². The smallest absolute Gasteiger partial charge is 0.251 e. The molecule has 0 spiro atoms. The lowest BCUT2D eigenvalue weighted by Gasteiger charge is -2.17. The molecule has 1 atom stereocenters. The van der Waals surface area contributed by atoms with Crippen LogP contribution in [0.25, 0.3) is 0 Å². The van der Waals surface area contributed by atoms with Crippen molar-refractivity contribution in [3.05, 3.63) is 34.9 Å². The van der Waals surface area contributed by atoms with Crippen molar-refractivity contribution in [3.63, 3.8) is 0 Å². The van der Waals surface area contributed by atoms with Crippen LogP contribution in [-0.2, 0) is 0 Å². The van der Waals surface area contributed by atoms with Crippen LogP contribution in [0.5, 0.6) is 0 Å². The molecule has 1 aromatic carbocycles. The van der Waals surface area contributed by atoms with Crippen molar-refractivity contribution in [1.82, 2.24) is 5.32 Å². The largest absolute Gasteiger partial charge is 0.348 e. The molecule has 0 radical (unpaired) electrons. The zero-order valence-corrected chi connectivity index (χ0v) is 10.5. The molecule has 17 heavy (non-hydrogen) atoms. The van der Waals surface area contributed by atoms with E-state index in [1.54, 1.807) is 0 Å². The van der Waals surface area contributed by atoms with Gasteiger partial charge in [0.05, 0.1) is 0 Å². The summed E-state index contributed by atoms with van der Waals surface area (Å²) in [6.45, 7) is 4.53. The molecule has 2 rings (SSSR count). The first-order valence-corrected chi connectivity index (χ1v) is 6.20. The summed E-state index contributed by atoms with van der Waals surface area (Å²) >= 11 is 0. The normalized spacial score (nSPS) is 16.6. The fourth-order valence-electron chi connectivity index (χ4n) is 2.18. The lowest BCUT2D eigenvalue weighted by atomic mass is 10.0. The molecule has 1 aliphatic carbocycles. The van der Waals surface area contributed by atoms with Crippen molar-refractivity contribution in [3.8, 4) is 0 Å². The van der Waals surface area contributed by atoms with E-state index in [1.807, 2.05) is 32.0 Å². The average molecular weight is 232 g/mol. The summed E-state index contributed by atoms with van der Waals surface area (Å²) in [6, 6.07) is 6.03. The van der Waals surface area contributed by atoms with Gasteiger partial charge in [0.2, 0.25) is 0 Å². The summed E-state index contributed by atoms with van der Waals surface area (Å²) < 4.78 is 0. The van der Waals surface area contributed by atoms with Gasteiger partial charge in [0.25, 0.3) is 5.91 Å². The Labute approximate surface area is 102 Å². The number of rotatable bonds is 4. The van der Waals surface area contributed by atoms with Gasteiger partial charge in [0, 0.05) is 18.2 Å². The maximum Gasteiger partial charge on any atom is 0.251 e. The van der Waals surface area contributed by atoms with E-state index in [0.29, 0.717) is 12.5 Å². The lowest BCUT2D eigenvalue weighted by Crippen LogP contribution is -2.41. The lowest BCUT2D eigenvalue weighted by molar-refractivity contribution is 0.0933. The molecule has 1 unspecified atom stereocenters.